The van der Waals surface area contributed by atoms with E-state index in [1.54, 1.807) is 13.2 Å². The smallest absolute Gasteiger partial charge is 0.243 e. The van der Waals surface area contributed by atoms with Gasteiger partial charge in [0, 0.05) is 29.2 Å². The number of methoxy groups -OCH3 is 1. The minimum Gasteiger partial charge on any atom is -0.496 e. The Kier molecular flexibility index (Phi) is 5.79. The van der Waals surface area contributed by atoms with Gasteiger partial charge in [0.2, 0.25) is 10.0 Å². The van der Waals surface area contributed by atoms with Crippen LogP contribution in [-0.4, -0.2) is 32.7 Å². The second-order valence-electron chi connectivity index (χ2n) is 5.30. The molecule has 0 unspecified atom stereocenters. The first-order valence-corrected chi connectivity index (χ1v) is 9.38. The Hall–Kier alpha value is -1.70. The predicted molar refractivity (Wildman–Crippen MR) is 95.8 cm³/mol. The Morgan fingerprint density at radius 3 is 2.33 bits per heavy atom. The van der Waals surface area contributed by atoms with Crippen molar-refractivity contribution in [2.45, 2.75) is 18.4 Å². The van der Waals surface area contributed by atoms with Gasteiger partial charge in [0.05, 0.1) is 12.0 Å². The maximum absolute atomic E-state index is 12.7. The zero-order valence-corrected chi connectivity index (χ0v) is 16.0. The SMILES string of the molecule is COc1ccc(Br)cc1CN(C)S(=O)(=O)c1ccc(C(C)=O)cc1. The summed E-state index contributed by atoms with van der Waals surface area (Å²) in [4.78, 5) is 11.4. The van der Waals surface area contributed by atoms with Gasteiger partial charge in [0.25, 0.3) is 0 Å². The van der Waals surface area contributed by atoms with Crippen LogP contribution in [0.1, 0.15) is 22.8 Å². The molecule has 128 valence electrons. The monoisotopic (exact) mass is 411 g/mol. The molecule has 0 amide bonds. The topological polar surface area (TPSA) is 63.7 Å². The molecule has 2 rings (SSSR count). The number of hydrogen-bond acceptors (Lipinski definition) is 4. The van der Waals surface area contributed by atoms with E-state index in [0.717, 1.165) is 10.0 Å². The molecule has 0 N–H and O–H groups in total. The van der Waals surface area contributed by atoms with Gasteiger partial charge in [0.15, 0.2) is 5.78 Å². The van der Waals surface area contributed by atoms with Crippen LogP contribution in [0.25, 0.3) is 0 Å². The summed E-state index contributed by atoms with van der Waals surface area (Å²) in [5.41, 5.74) is 1.23. The first-order chi connectivity index (χ1) is 11.3. The Labute approximate surface area is 150 Å². The molecule has 0 aromatic heterocycles. The molecule has 0 bridgehead atoms. The van der Waals surface area contributed by atoms with Crippen molar-refractivity contribution >= 4 is 31.7 Å². The second-order valence-corrected chi connectivity index (χ2v) is 8.26. The number of ether oxygens (including phenoxy) is 1. The molecule has 0 aliphatic carbocycles. The standard InChI is InChI=1S/C17H18BrNO4S/c1-12(20)13-4-7-16(8-5-13)24(21,22)19(2)11-14-10-15(18)6-9-17(14)23-3/h4-10H,11H2,1-3H3. The number of Topliss-reactive ketones (excluding diaryl/α,β-unsaturated/α-hetero) is 1. The summed E-state index contributed by atoms with van der Waals surface area (Å²) in [5.74, 6) is 0.512. The molecule has 0 heterocycles. The van der Waals surface area contributed by atoms with Gasteiger partial charge in [-0.15, -0.1) is 0 Å². The van der Waals surface area contributed by atoms with Gasteiger partial charge in [-0.2, -0.15) is 4.31 Å². The summed E-state index contributed by atoms with van der Waals surface area (Å²) >= 11 is 3.38. The fourth-order valence-corrected chi connectivity index (χ4v) is 3.79. The molecule has 2 aromatic rings. The molecule has 0 spiro atoms. The van der Waals surface area contributed by atoms with Crippen LogP contribution in [0.4, 0.5) is 0 Å². The number of nitrogens with zero attached hydrogens (tertiary/aromatic N) is 1. The van der Waals surface area contributed by atoms with E-state index in [1.165, 1.54) is 42.5 Å². The molecule has 7 heteroatoms. The molecule has 24 heavy (non-hydrogen) atoms. The van der Waals surface area contributed by atoms with Crippen LogP contribution in [0.3, 0.4) is 0 Å². The maximum atomic E-state index is 12.7. The van der Waals surface area contributed by atoms with Crippen molar-refractivity contribution in [1.29, 1.82) is 0 Å². The van der Waals surface area contributed by atoms with Crippen LogP contribution in [0.15, 0.2) is 51.8 Å². The fraction of sp³-hybridized carbons (Fsp3) is 0.235. The average molecular weight is 412 g/mol. The van der Waals surface area contributed by atoms with Crippen LogP contribution in [0, 0.1) is 0 Å². The Balaban J connectivity index is 2.29. The number of benzene rings is 2. The highest BCUT2D eigenvalue weighted by Crippen LogP contribution is 2.26. The quantitative estimate of drug-likeness (QED) is 0.682. The van der Waals surface area contributed by atoms with Crippen LogP contribution < -0.4 is 4.74 Å². The van der Waals surface area contributed by atoms with Gasteiger partial charge in [0.1, 0.15) is 5.75 Å². The largest absolute Gasteiger partial charge is 0.496 e. The van der Waals surface area contributed by atoms with E-state index in [0.29, 0.717) is 11.3 Å². The van der Waals surface area contributed by atoms with Crippen molar-refractivity contribution in [3.63, 3.8) is 0 Å². The van der Waals surface area contributed by atoms with E-state index >= 15 is 0 Å². The first kappa shape index (κ1) is 18.6. The number of carbonyl (C=O) groups is 1. The molecule has 0 aliphatic heterocycles. The Morgan fingerprint density at radius 1 is 1.17 bits per heavy atom. The fourth-order valence-electron chi connectivity index (χ4n) is 2.24. The van der Waals surface area contributed by atoms with Crippen LogP contribution in [-0.2, 0) is 16.6 Å². The molecular formula is C17H18BrNO4S. The molecule has 0 fully saturated rings. The second kappa shape index (κ2) is 7.46. The molecule has 0 radical (unpaired) electrons. The molecule has 0 aliphatic rings. The van der Waals surface area contributed by atoms with E-state index < -0.39 is 10.0 Å². The highest BCUT2D eigenvalue weighted by atomic mass is 79.9. The number of hydrogen-bond donors (Lipinski definition) is 0. The van der Waals surface area contributed by atoms with E-state index in [2.05, 4.69) is 15.9 Å². The lowest BCUT2D eigenvalue weighted by atomic mass is 10.2. The summed E-state index contributed by atoms with van der Waals surface area (Å²) in [6.45, 7) is 1.61. The van der Waals surface area contributed by atoms with E-state index in [9.17, 15) is 13.2 Å². The van der Waals surface area contributed by atoms with Crippen molar-refractivity contribution in [3.05, 3.63) is 58.1 Å². The lowest BCUT2D eigenvalue weighted by Crippen LogP contribution is -2.26. The van der Waals surface area contributed by atoms with Crippen molar-refractivity contribution in [1.82, 2.24) is 4.31 Å². The lowest BCUT2D eigenvalue weighted by Gasteiger charge is -2.19. The van der Waals surface area contributed by atoms with Gasteiger partial charge >= 0.3 is 0 Å². The number of rotatable bonds is 6. The Morgan fingerprint density at radius 2 is 1.79 bits per heavy atom. The van der Waals surface area contributed by atoms with Crippen molar-refractivity contribution in [2.24, 2.45) is 0 Å². The third-order valence-corrected chi connectivity index (χ3v) is 5.92. The van der Waals surface area contributed by atoms with E-state index in [1.807, 2.05) is 12.1 Å². The number of halogens is 1. The molecule has 0 atom stereocenters. The predicted octanol–water partition coefficient (Wildman–Crippen LogP) is 3.48. The zero-order valence-electron chi connectivity index (χ0n) is 13.6. The van der Waals surface area contributed by atoms with Crippen molar-refractivity contribution in [3.8, 4) is 5.75 Å². The van der Waals surface area contributed by atoms with Crippen LogP contribution >= 0.6 is 15.9 Å². The van der Waals surface area contributed by atoms with Gasteiger partial charge in [-0.05, 0) is 37.3 Å². The van der Waals surface area contributed by atoms with Crippen molar-refractivity contribution < 1.29 is 17.9 Å². The molecule has 2 aromatic carbocycles. The number of ketones is 1. The Bertz CT molecular complexity index is 847. The summed E-state index contributed by atoms with van der Waals surface area (Å²) < 4.78 is 32.8. The lowest BCUT2D eigenvalue weighted by molar-refractivity contribution is 0.101. The van der Waals surface area contributed by atoms with Crippen LogP contribution in [0.2, 0.25) is 0 Å². The summed E-state index contributed by atoms with van der Waals surface area (Å²) in [7, 11) is -0.614. The van der Waals surface area contributed by atoms with Gasteiger partial charge in [-0.25, -0.2) is 8.42 Å². The summed E-state index contributed by atoms with van der Waals surface area (Å²) in [5, 5.41) is 0. The normalized spacial score (nSPS) is 11.5. The van der Waals surface area contributed by atoms with Gasteiger partial charge in [-0.3, -0.25) is 4.79 Å². The maximum Gasteiger partial charge on any atom is 0.243 e. The minimum absolute atomic E-state index is 0.105. The third kappa shape index (κ3) is 4.03. The number of carbonyl (C=O) groups excluding carboxylic acids is 1. The number of sulfonamides is 1. The highest BCUT2D eigenvalue weighted by Gasteiger charge is 2.22. The summed E-state index contributed by atoms with van der Waals surface area (Å²) in [6, 6.07) is 11.4. The third-order valence-electron chi connectivity index (χ3n) is 3.60. The molecule has 5 nitrogen and oxygen atoms in total. The minimum atomic E-state index is -3.67. The molecular weight excluding hydrogens is 394 g/mol. The molecule has 0 saturated heterocycles. The van der Waals surface area contributed by atoms with Crippen molar-refractivity contribution in [2.75, 3.05) is 14.2 Å². The molecule has 0 saturated carbocycles. The van der Waals surface area contributed by atoms with E-state index in [4.69, 9.17) is 4.74 Å². The van der Waals surface area contributed by atoms with Gasteiger partial charge in [-0.1, -0.05) is 28.1 Å². The van der Waals surface area contributed by atoms with E-state index in [-0.39, 0.29) is 17.2 Å². The van der Waals surface area contributed by atoms with Gasteiger partial charge < -0.3 is 4.74 Å². The van der Waals surface area contributed by atoms with Crippen LogP contribution in [0.5, 0.6) is 5.75 Å². The summed E-state index contributed by atoms with van der Waals surface area (Å²) in [6.07, 6.45) is 0. The first-order valence-electron chi connectivity index (χ1n) is 7.15. The zero-order chi connectivity index (χ0) is 17.9. The highest BCUT2D eigenvalue weighted by molar-refractivity contribution is 9.10. The average Bonchev–Trinajstić information content (AvgIpc) is 2.55.